The number of aromatic nitrogens is 6. The summed E-state index contributed by atoms with van der Waals surface area (Å²) in [5, 5.41) is 13.6. The molecule has 1 N–H and O–H groups in total. The second kappa shape index (κ2) is 6.37. The van der Waals surface area contributed by atoms with Gasteiger partial charge in [0.05, 0.1) is 21.9 Å². The number of imidazole rings is 1. The number of rotatable bonds is 2. The van der Waals surface area contributed by atoms with Gasteiger partial charge in [-0.15, -0.1) is 0 Å². The highest BCUT2D eigenvalue weighted by molar-refractivity contribution is 6.42. The van der Waals surface area contributed by atoms with Gasteiger partial charge < -0.3 is 9.88 Å². The standard InChI is InChI=1S/C20H19Cl2N7/c1-10-16(19-25-17-11(2)26-28(4)20(17)27(19)3)18(29-15(24-10)7-8-23-29)12-5-6-13(21)14(22)9-12/h5-9,18,24H,1-4H3. The normalized spacial score (nSPS) is 16.4. The average molecular weight is 428 g/mol. The molecule has 0 bridgehead atoms. The first kappa shape index (κ1) is 18.3. The van der Waals surface area contributed by atoms with Gasteiger partial charge >= 0.3 is 0 Å². The van der Waals surface area contributed by atoms with E-state index in [0.717, 1.165) is 45.3 Å². The summed E-state index contributed by atoms with van der Waals surface area (Å²) in [6, 6.07) is 7.46. The highest BCUT2D eigenvalue weighted by Gasteiger charge is 2.33. The lowest BCUT2D eigenvalue weighted by Gasteiger charge is -2.30. The molecule has 0 radical (unpaired) electrons. The third-order valence-electron chi connectivity index (χ3n) is 5.42. The number of aryl methyl sites for hydroxylation is 3. The first-order valence-electron chi connectivity index (χ1n) is 9.19. The molecular formula is C20H19Cl2N7. The van der Waals surface area contributed by atoms with E-state index in [1.807, 2.05) is 54.6 Å². The Bertz CT molecular complexity index is 1310. The molecule has 0 saturated carbocycles. The molecule has 148 valence electrons. The number of nitrogens with zero attached hydrogens (tertiary/aromatic N) is 6. The summed E-state index contributed by atoms with van der Waals surface area (Å²) < 4.78 is 5.89. The molecule has 1 aliphatic heterocycles. The fourth-order valence-electron chi connectivity index (χ4n) is 4.15. The third-order valence-corrected chi connectivity index (χ3v) is 6.16. The molecule has 1 atom stereocenters. The summed E-state index contributed by atoms with van der Waals surface area (Å²) >= 11 is 12.5. The Labute approximate surface area is 177 Å². The molecule has 0 aliphatic carbocycles. The van der Waals surface area contributed by atoms with Crippen molar-refractivity contribution in [1.82, 2.24) is 29.1 Å². The van der Waals surface area contributed by atoms with Crippen molar-refractivity contribution < 1.29 is 0 Å². The first-order valence-corrected chi connectivity index (χ1v) is 9.95. The van der Waals surface area contributed by atoms with Crippen LogP contribution in [0.15, 0.2) is 36.2 Å². The SMILES string of the molecule is CC1=C(c2nc3c(C)nn(C)c3n2C)C(c2ccc(Cl)c(Cl)c2)n2nccc2N1. The van der Waals surface area contributed by atoms with Crippen molar-refractivity contribution in [2.45, 2.75) is 19.9 Å². The van der Waals surface area contributed by atoms with Crippen molar-refractivity contribution in [3.8, 4) is 0 Å². The molecule has 0 amide bonds. The van der Waals surface area contributed by atoms with Gasteiger partial charge in [-0.2, -0.15) is 10.2 Å². The van der Waals surface area contributed by atoms with Crippen molar-refractivity contribution in [2.24, 2.45) is 14.1 Å². The zero-order chi connectivity index (χ0) is 20.4. The number of allylic oxidation sites excluding steroid dienone is 2. The molecule has 4 aromatic rings. The van der Waals surface area contributed by atoms with Crippen LogP contribution in [-0.2, 0) is 14.1 Å². The predicted molar refractivity (Wildman–Crippen MR) is 115 cm³/mol. The van der Waals surface area contributed by atoms with Crippen LogP contribution in [-0.4, -0.2) is 29.1 Å². The average Bonchev–Trinajstić information content (AvgIpc) is 3.34. The van der Waals surface area contributed by atoms with E-state index < -0.39 is 0 Å². The van der Waals surface area contributed by atoms with Gasteiger partial charge in [0.25, 0.3) is 0 Å². The van der Waals surface area contributed by atoms with Crippen LogP contribution in [0.25, 0.3) is 16.7 Å². The van der Waals surface area contributed by atoms with Gasteiger partial charge in [0.2, 0.25) is 0 Å². The van der Waals surface area contributed by atoms with Crippen molar-refractivity contribution >= 4 is 45.8 Å². The van der Waals surface area contributed by atoms with Crippen molar-refractivity contribution in [3.63, 3.8) is 0 Å². The van der Waals surface area contributed by atoms with Crippen LogP contribution >= 0.6 is 23.2 Å². The Morgan fingerprint density at radius 1 is 1.07 bits per heavy atom. The molecule has 7 nitrogen and oxygen atoms in total. The Morgan fingerprint density at radius 2 is 1.86 bits per heavy atom. The van der Waals surface area contributed by atoms with E-state index in [1.54, 1.807) is 6.20 Å². The molecule has 1 unspecified atom stereocenters. The van der Waals surface area contributed by atoms with Crippen LogP contribution in [0, 0.1) is 6.92 Å². The highest BCUT2D eigenvalue weighted by atomic mass is 35.5. The molecule has 0 fully saturated rings. The van der Waals surface area contributed by atoms with Gasteiger partial charge in [-0.1, -0.05) is 29.3 Å². The minimum Gasteiger partial charge on any atom is -0.344 e. The van der Waals surface area contributed by atoms with Crippen LogP contribution in [0.1, 0.15) is 30.0 Å². The van der Waals surface area contributed by atoms with Crippen LogP contribution in [0.5, 0.6) is 0 Å². The summed E-state index contributed by atoms with van der Waals surface area (Å²) in [5.74, 6) is 1.78. The molecule has 29 heavy (non-hydrogen) atoms. The Morgan fingerprint density at radius 3 is 2.59 bits per heavy atom. The van der Waals surface area contributed by atoms with Gasteiger partial charge in [0, 0.05) is 31.4 Å². The Kier molecular flexibility index (Phi) is 4.01. The number of benzene rings is 1. The van der Waals surface area contributed by atoms with E-state index in [1.165, 1.54) is 0 Å². The minimum atomic E-state index is -0.195. The van der Waals surface area contributed by atoms with Crippen molar-refractivity contribution in [2.75, 3.05) is 5.32 Å². The molecule has 0 saturated heterocycles. The maximum absolute atomic E-state index is 6.36. The van der Waals surface area contributed by atoms with Gasteiger partial charge in [0.1, 0.15) is 23.2 Å². The van der Waals surface area contributed by atoms with E-state index >= 15 is 0 Å². The van der Waals surface area contributed by atoms with Crippen LogP contribution < -0.4 is 5.32 Å². The number of hydrogen-bond acceptors (Lipinski definition) is 4. The van der Waals surface area contributed by atoms with E-state index in [0.29, 0.717) is 10.0 Å². The number of fused-ring (bicyclic) bond motifs is 2. The Balaban J connectivity index is 1.78. The van der Waals surface area contributed by atoms with Gasteiger partial charge in [0.15, 0.2) is 5.65 Å². The minimum absolute atomic E-state index is 0.195. The summed E-state index contributed by atoms with van der Waals surface area (Å²) in [5.41, 5.74) is 5.79. The fourth-order valence-corrected chi connectivity index (χ4v) is 4.46. The second-order valence-corrected chi connectivity index (χ2v) is 8.09. The van der Waals surface area contributed by atoms with Gasteiger partial charge in [-0.25, -0.2) is 9.67 Å². The smallest absolute Gasteiger partial charge is 0.158 e. The highest BCUT2D eigenvalue weighted by Crippen LogP contribution is 2.42. The van der Waals surface area contributed by atoms with Crippen LogP contribution in [0.2, 0.25) is 10.0 Å². The van der Waals surface area contributed by atoms with E-state index in [4.69, 9.17) is 28.2 Å². The molecule has 0 spiro atoms. The third kappa shape index (κ3) is 2.61. The lowest BCUT2D eigenvalue weighted by molar-refractivity contribution is 0.612. The largest absolute Gasteiger partial charge is 0.344 e. The zero-order valence-corrected chi connectivity index (χ0v) is 17.9. The lowest BCUT2D eigenvalue weighted by Crippen LogP contribution is -2.25. The van der Waals surface area contributed by atoms with Crippen molar-refractivity contribution in [1.29, 1.82) is 0 Å². The fraction of sp³-hybridized carbons (Fsp3) is 0.250. The summed E-state index contributed by atoms with van der Waals surface area (Å²) in [4.78, 5) is 4.96. The maximum Gasteiger partial charge on any atom is 0.158 e. The molecule has 1 aliphatic rings. The topological polar surface area (TPSA) is 65.5 Å². The monoisotopic (exact) mass is 427 g/mol. The number of anilines is 1. The summed E-state index contributed by atoms with van der Waals surface area (Å²) in [7, 11) is 3.94. The van der Waals surface area contributed by atoms with E-state index in [-0.39, 0.29) is 6.04 Å². The van der Waals surface area contributed by atoms with Crippen LogP contribution in [0.4, 0.5) is 5.82 Å². The zero-order valence-electron chi connectivity index (χ0n) is 16.4. The molecule has 1 aromatic carbocycles. The quantitative estimate of drug-likeness (QED) is 0.508. The lowest BCUT2D eigenvalue weighted by atomic mass is 9.95. The number of hydrogen-bond donors (Lipinski definition) is 1. The van der Waals surface area contributed by atoms with E-state index in [2.05, 4.69) is 27.0 Å². The first-order chi connectivity index (χ1) is 13.9. The summed E-state index contributed by atoms with van der Waals surface area (Å²) in [6.07, 6.45) is 1.78. The van der Waals surface area contributed by atoms with Gasteiger partial charge in [-0.05, 0) is 31.5 Å². The van der Waals surface area contributed by atoms with Crippen LogP contribution in [0.3, 0.4) is 0 Å². The predicted octanol–water partition coefficient (Wildman–Crippen LogP) is 4.56. The maximum atomic E-state index is 6.36. The number of nitrogens with one attached hydrogen (secondary N) is 1. The Hall–Kier alpha value is -2.77. The molecular weight excluding hydrogens is 409 g/mol. The van der Waals surface area contributed by atoms with Gasteiger partial charge in [-0.3, -0.25) is 4.68 Å². The number of halogens is 2. The van der Waals surface area contributed by atoms with E-state index in [9.17, 15) is 0 Å². The summed E-state index contributed by atoms with van der Waals surface area (Å²) in [6.45, 7) is 4.03. The molecule has 3 aromatic heterocycles. The molecule has 5 rings (SSSR count). The second-order valence-electron chi connectivity index (χ2n) is 7.28. The molecule has 4 heterocycles. The molecule has 9 heteroatoms. The van der Waals surface area contributed by atoms with Crippen molar-refractivity contribution in [3.05, 3.63) is 63.3 Å².